The summed E-state index contributed by atoms with van der Waals surface area (Å²) in [5.41, 5.74) is 16.4. The molecule has 9 nitrogen and oxygen atoms in total. The minimum absolute atomic E-state index is 0.431. The molecule has 0 amide bonds. The average molecular weight is 1110 g/mol. The number of hydrogen-bond donors (Lipinski definition) is 1. The molecule has 8 saturated carbocycles. The van der Waals surface area contributed by atoms with Crippen molar-refractivity contribution in [2.24, 2.45) is 35.5 Å². The minimum atomic E-state index is -3.92. The Morgan fingerprint density at radius 3 is 1.27 bits per heavy atom. The Morgan fingerprint density at radius 2 is 0.929 bits per heavy atom. The SMILES string of the molecule is COc1ccc(OC)c(P(C23CC4CC(CC(C4)C2)C3)C23CC4CC(CC(C4)C2)C3)c1-c1c(C(C)C)cc(C(C)C)cc1C(C)C.CS(=O)(=O)[O-].CS(=O)(=O)[O-].Nc1ccccc1-c1cccc[c]1[Pd+2]. The monoisotopic (exact) mass is 1100 g/mol. The molecule has 385 valence electrons. The number of benzene rings is 4. The van der Waals surface area contributed by atoms with Gasteiger partial charge in [0.1, 0.15) is 11.5 Å². The summed E-state index contributed by atoms with van der Waals surface area (Å²) in [5, 5.41) is 2.54. The Hall–Kier alpha value is -2.81. The third kappa shape index (κ3) is 12.6. The molecule has 8 bridgehead atoms. The predicted molar refractivity (Wildman–Crippen MR) is 283 cm³/mol. The van der Waals surface area contributed by atoms with E-state index in [-0.39, 0.29) is 0 Å². The first kappa shape index (κ1) is 55.0. The van der Waals surface area contributed by atoms with Crippen LogP contribution in [0.5, 0.6) is 11.5 Å². The number of hydrogen-bond acceptors (Lipinski definition) is 9. The van der Waals surface area contributed by atoms with Gasteiger partial charge in [0.25, 0.3) is 0 Å². The molecular weight excluding hydrogens is 1030 g/mol. The van der Waals surface area contributed by atoms with E-state index in [2.05, 4.69) is 91.1 Å². The van der Waals surface area contributed by atoms with Gasteiger partial charge in [-0.05, 0) is 175 Å². The molecule has 0 atom stereocenters. The molecule has 0 radical (unpaired) electrons. The quantitative estimate of drug-likeness (QED) is 0.0706. The molecule has 0 unspecified atom stereocenters. The molecule has 0 saturated heterocycles. The zero-order valence-corrected chi connectivity index (χ0v) is 47.1. The fraction of sp³-hybridized carbons (Fsp3) is 0.579. The van der Waals surface area contributed by atoms with Crippen molar-refractivity contribution in [2.75, 3.05) is 32.5 Å². The molecule has 0 heterocycles. The Bertz CT molecular complexity index is 2490. The van der Waals surface area contributed by atoms with E-state index in [9.17, 15) is 0 Å². The molecule has 13 heteroatoms. The Kier molecular flexibility index (Phi) is 17.2. The van der Waals surface area contributed by atoms with Crippen LogP contribution in [0, 0.1) is 35.5 Å². The van der Waals surface area contributed by atoms with Crippen LogP contribution in [-0.4, -0.2) is 63.0 Å². The van der Waals surface area contributed by atoms with Crippen molar-refractivity contribution in [2.45, 2.75) is 147 Å². The predicted octanol–water partition coefficient (Wildman–Crippen LogP) is 12.2. The molecule has 70 heavy (non-hydrogen) atoms. The van der Waals surface area contributed by atoms with Crippen molar-refractivity contribution in [1.29, 1.82) is 0 Å². The molecular formula is C57H77NO8PPdS2. The Morgan fingerprint density at radius 1 is 0.571 bits per heavy atom. The van der Waals surface area contributed by atoms with Crippen LogP contribution in [-0.2, 0) is 39.4 Å². The van der Waals surface area contributed by atoms with E-state index in [1.807, 2.05) is 56.7 Å². The molecule has 4 aromatic rings. The van der Waals surface area contributed by atoms with E-state index >= 15 is 0 Å². The molecule has 8 aliphatic carbocycles. The summed E-state index contributed by atoms with van der Waals surface area (Å²) in [6.45, 7) is 14.4. The van der Waals surface area contributed by atoms with E-state index in [1.54, 1.807) is 5.30 Å². The number of nitrogens with two attached hydrogens (primary N) is 1. The van der Waals surface area contributed by atoms with Gasteiger partial charge in [-0.25, -0.2) is 16.8 Å². The summed E-state index contributed by atoms with van der Waals surface area (Å²) < 4.78 is 68.7. The second-order valence-electron chi connectivity index (χ2n) is 22.8. The molecule has 12 rings (SSSR count). The Labute approximate surface area is 432 Å². The normalized spacial score (nSPS) is 27.5. The topological polar surface area (TPSA) is 159 Å². The van der Waals surface area contributed by atoms with Crippen molar-refractivity contribution in [3.05, 3.63) is 89.5 Å². The van der Waals surface area contributed by atoms with Crippen molar-refractivity contribution in [3.63, 3.8) is 0 Å². The molecule has 0 aliphatic heterocycles. The van der Waals surface area contributed by atoms with Crippen LogP contribution in [0.1, 0.15) is 153 Å². The first-order valence-electron chi connectivity index (χ1n) is 25.4. The maximum absolute atomic E-state index is 9.08. The van der Waals surface area contributed by atoms with Crippen LogP contribution in [0.3, 0.4) is 0 Å². The van der Waals surface area contributed by atoms with Gasteiger partial charge < -0.3 is 18.6 Å². The summed E-state index contributed by atoms with van der Waals surface area (Å²) in [5.74, 6) is 9.33. The standard InChI is InChI=1S/C43H61O2P.C12H10N.2CH4O3S.Pd/c1-25(2)34-17-35(26(3)4)39(36(18-34)27(5)6)40-37(44-7)9-10-38(45-8)41(40)46(42-19-28-11-29(20-42)13-30(12-28)21-42)43-22-31-14-32(23-43)16-33(15-31)24-43;13-12-9-5-4-8-11(12)10-6-2-1-3-7-10;2*1-5(2,3)4;/h9-10,17-18,25-33H,11-16,19-24H2,1-8H3;1-6,8-9H,13H2;2*1H3,(H,2,3,4);/q;;;;+2/p-2. The van der Waals surface area contributed by atoms with Crippen molar-refractivity contribution >= 4 is 43.2 Å². The Balaban J connectivity index is 0.000000247. The number of para-hydroxylation sites is 1. The van der Waals surface area contributed by atoms with E-state index in [1.165, 1.54) is 111 Å². The van der Waals surface area contributed by atoms with Crippen molar-refractivity contribution in [1.82, 2.24) is 0 Å². The summed E-state index contributed by atoms with van der Waals surface area (Å²) >= 11 is 3.23. The molecule has 0 aromatic heterocycles. The van der Waals surface area contributed by atoms with Gasteiger partial charge in [0.05, 0.1) is 34.5 Å². The van der Waals surface area contributed by atoms with Crippen molar-refractivity contribution < 1.29 is 54.6 Å². The summed E-state index contributed by atoms with van der Waals surface area (Å²) in [6.07, 6.45) is 19.1. The number of rotatable bonds is 10. The molecule has 8 aliphatic rings. The zero-order chi connectivity index (χ0) is 51.1. The summed E-state index contributed by atoms with van der Waals surface area (Å²) in [6, 6.07) is 25.7. The second-order valence-corrected chi connectivity index (χ2v) is 29.5. The zero-order valence-electron chi connectivity index (χ0n) is 43.0. The third-order valence-corrected chi connectivity index (χ3v) is 20.8. The molecule has 8 fully saturated rings. The molecule has 2 N–H and O–H groups in total. The van der Waals surface area contributed by atoms with Gasteiger partial charge in [0, 0.05) is 23.4 Å². The van der Waals surface area contributed by atoms with Crippen LogP contribution >= 0.6 is 7.92 Å². The fourth-order valence-electron chi connectivity index (χ4n) is 14.7. The summed E-state index contributed by atoms with van der Waals surface area (Å²) in [7, 11) is -4.42. The van der Waals surface area contributed by atoms with Gasteiger partial charge >= 0.3 is 94.3 Å². The number of anilines is 1. The molecule has 4 aromatic carbocycles. The number of nitrogen functional groups attached to an aromatic ring is 1. The fourth-order valence-corrected chi connectivity index (χ4v) is 20.6. The summed E-state index contributed by atoms with van der Waals surface area (Å²) in [4.78, 5) is 0. The maximum atomic E-state index is 9.08. The van der Waals surface area contributed by atoms with Crippen LogP contribution < -0.4 is 24.5 Å². The van der Waals surface area contributed by atoms with Gasteiger partial charge in [0.15, 0.2) is 0 Å². The second kappa shape index (κ2) is 22.0. The van der Waals surface area contributed by atoms with Gasteiger partial charge in [-0.1, -0.05) is 61.6 Å². The van der Waals surface area contributed by atoms with Crippen LogP contribution in [0.4, 0.5) is 5.69 Å². The number of methoxy groups -OCH3 is 2. The van der Waals surface area contributed by atoms with Gasteiger partial charge in [0.2, 0.25) is 0 Å². The van der Waals surface area contributed by atoms with Gasteiger partial charge in [-0.3, -0.25) is 0 Å². The van der Waals surface area contributed by atoms with E-state index in [4.69, 9.17) is 41.1 Å². The van der Waals surface area contributed by atoms with E-state index in [0.29, 0.717) is 40.6 Å². The van der Waals surface area contributed by atoms with E-state index in [0.717, 1.165) is 62.1 Å². The van der Waals surface area contributed by atoms with Gasteiger partial charge in [-0.2, -0.15) is 0 Å². The first-order valence-corrected chi connectivity index (χ1v) is 31.2. The van der Waals surface area contributed by atoms with Crippen molar-refractivity contribution in [3.8, 4) is 33.8 Å². The van der Waals surface area contributed by atoms with E-state index < -0.39 is 28.2 Å². The van der Waals surface area contributed by atoms with Crippen LogP contribution in [0.25, 0.3) is 22.3 Å². The first-order chi connectivity index (χ1) is 32.8. The number of ether oxygens (including phenoxy) is 2. The van der Waals surface area contributed by atoms with Gasteiger partial charge in [-0.15, -0.1) is 0 Å². The average Bonchev–Trinajstić information content (AvgIpc) is 3.24. The van der Waals surface area contributed by atoms with Crippen LogP contribution in [0.2, 0.25) is 0 Å². The third-order valence-electron chi connectivity index (χ3n) is 16.2. The molecule has 0 spiro atoms. The van der Waals surface area contributed by atoms with Crippen LogP contribution in [0.15, 0.2) is 72.8 Å².